The minimum atomic E-state index is -0.519. The zero-order valence-electron chi connectivity index (χ0n) is 19.5. The van der Waals surface area contributed by atoms with Crippen molar-refractivity contribution < 1.29 is 14.3 Å². The third-order valence-electron chi connectivity index (χ3n) is 5.37. The van der Waals surface area contributed by atoms with Crippen LogP contribution in [0.3, 0.4) is 0 Å². The molecule has 0 bridgehead atoms. The lowest BCUT2D eigenvalue weighted by Gasteiger charge is -2.34. The van der Waals surface area contributed by atoms with Crippen molar-refractivity contribution in [3.63, 3.8) is 0 Å². The Balaban J connectivity index is 1.67. The number of likely N-dealkylation sites (tertiary alicyclic amines) is 1. The molecule has 1 aliphatic heterocycles. The number of carbonyl (C=O) groups excluding carboxylic acids is 2. The molecule has 2 heterocycles. The Morgan fingerprint density at radius 3 is 2.72 bits per heavy atom. The lowest BCUT2D eigenvalue weighted by Crippen LogP contribution is -2.45. The van der Waals surface area contributed by atoms with Gasteiger partial charge in [-0.3, -0.25) is 4.79 Å². The van der Waals surface area contributed by atoms with E-state index in [2.05, 4.69) is 10.4 Å². The zero-order chi connectivity index (χ0) is 23.5. The van der Waals surface area contributed by atoms with Crippen molar-refractivity contribution in [3.8, 4) is 5.69 Å². The lowest BCUT2D eigenvalue weighted by molar-refractivity contribution is 0.0167. The van der Waals surface area contributed by atoms with Crippen LogP contribution < -0.4 is 5.32 Å². The summed E-state index contributed by atoms with van der Waals surface area (Å²) in [5, 5.41) is 8.13. The van der Waals surface area contributed by atoms with Gasteiger partial charge in [0.1, 0.15) is 5.60 Å². The molecule has 0 aliphatic carbocycles. The van der Waals surface area contributed by atoms with E-state index < -0.39 is 5.60 Å². The van der Waals surface area contributed by atoms with Gasteiger partial charge in [0.2, 0.25) is 0 Å². The molecule has 1 aromatic heterocycles. The van der Waals surface area contributed by atoms with Crippen molar-refractivity contribution in [1.29, 1.82) is 0 Å². The Morgan fingerprint density at radius 2 is 2.06 bits per heavy atom. The molecule has 1 aromatic carbocycles. The Morgan fingerprint density at radius 1 is 1.31 bits per heavy atom. The van der Waals surface area contributed by atoms with E-state index in [4.69, 9.17) is 16.3 Å². The Labute approximate surface area is 195 Å². The quantitative estimate of drug-likeness (QED) is 0.679. The molecule has 174 valence electrons. The van der Waals surface area contributed by atoms with Gasteiger partial charge in [-0.1, -0.05) is 31.5 Å². The van der Waals surface area contributed by atoms with E-state index in [0.29, 0.717) is 30.2 Å². The van der Waals surface area contributed by atoms with Crippen LogP contribution in [0.25, 0.3) is 5.69 Å². The molecule has 2 aromatic rings. The average molecular weight is 461 g/mol. The number of benzene rings is 1. The molecule has 1 saturated heterocycles. The first-order chi connectivity index (χ1) is 15.0. The van der Waals surface area contributed by atoms with E-state index in [1.807, 2.05) is 58.9 Å². The first kappa shape index (κ1) is 24.1. The highest BCUT2D eigenvalue weighted by Crippen LogP contribution is 2.25. The molecule has 1 fully saturated rings. The predicted octanol–water partition coefficient (Wildman–Crippen LogP) is 5.03. The van der Waals surface area contributed by atoms with Gasteiger partial charge in [-0.05, 0) is 63.6 Å². The van der Waals surface area contributed by atoms with Crippen molar-refractivity contribution in [3.05, 3.63) is 46.7 Å². The topological polar surface area (TPSA) is 76.5 Å². The first-order valence-electron chi connectivity index (χ1n) is 11.1. The van der Waals surface area contributed by atoms with Crippen LogP contribution in [0, 0.1) is 5.92 Å². The number of piperidine rings is 1. The number of nitrogens with zero attached hydrogens (tertiary/aromatic N) is 3. The number of ether oxygens (including phenoxy) is 1. The highest BCUT2D eigenvalue weighted by atomic mass is 35.5. The van der Waals surface area contributed by atoms with Crippen molar-refractivity contribution in [2.24, 2.45) is 5.92 Å². The highest BCUT2D eigenvalue weighted by molar-refractivity contribution is 6.30. The molecule has 3 rings (SSSR count). The summed E-state index contributed by atoms with van der Waals surface area (Å²) in [5.74, 6) is 0.122. The largest absolute Gasteiger partial charge is 0.444 e. The Bertz CT molecular complexity index is 964. The third-order valence-corrected chi connectivity index (χ3v) is 5.61. The molecule has 8 heteroatoms. The van der Waals surface area contributed by atoms with Gasteiger partial charge in [0, 0.05) is 24.7 Å². The smallest absolute Gasteiger partial charge is 0.410 e. The van der Waals surface area contributed by atoms with Crippen LogP contribution in [0.4, 0.5) is 4.79 Å². The number of hydrogen-bond donors (Lipinski definition) is 1. The summed E-state index contributed by atoms with van der Waals surface area (Å²) >= 11 is 6.14. The van der Waals surface area contributed by atoms with Crippen molar-refractivity contribution >= 4 is 23.6 Å². The summed E-state index contributed by atoms with van der Waals surface area (Å²) in [5.41, 5.74) is 1.69. The van der Waals surface area contributed by atoms with Crippen molar-refractivity contribution in [1.82, 2.24) is 20.0 Å². The number of halogens is 1. The van der Waals surface area contributed by atoms with Crippen LogP contribution in [0.5, 0.6) is 0 Å². The molecule has 2 amide bonds. The van der Waals surface area contributed by atoms with E-state index in [0.717, 1.165) is 24.2 Å². The SMILES string of the molecule is CC(C)c1c(C(=O)NCC2CCCN(C(=O)OC(C)(C)C)C2)cnn1-c1cccc(Cl)c1. The molecular weight excluding hydrogens is 428 g/mol. The van der Waals surface area contributed by atoms with E-state index in [9.17, 15) is 9.59 Å². The normalized spacial score (nSPS) is 16.8. The molecule has 1 atom stereocenters. The highest BCUT2D eigenvalue weighted by Gasteiger charge is 2.28. The van der Waals surface area contributed by atoms with Gasteiger partial charge >= 0.3 is 6.09 Å². The summed E-state index contributed by atoms with van der Waals surface area (Å²) in [6.07, 6.45) is 3.17. The van der Waals surface area contributed by atoms with Crippen molar-refractivity contribution in [2.75, 3.05) is 19.6 Å². The average Bonchev–Trinajstić information content (AvgIpc) is 3.17. The molecule has 0 spiro atoms. The summed E-state index contributed by atoms with van der Waals surface area (Å²) in [6.45, 7) is 11.4. The molecule has 0 radical (unpaired) electrons. The maximum atomic E-state index is 13.0. The van der Waals surface area contributed by atoms with E-state index in [1.54, 1.807) is 15.8 Å². The fourth-order valence-electron chi connectivity index (χ4n) is 3.96. The van der Waals surface area contributed by atoms with Crippen LogP contribution >= 0.6 is 11.6 Å². The van der Waals surface area contributed by atoms with Gasteiger partial charge in [0.25, 0.3) is 5.91 Å². The summed E-state index contributed by atoms with van der Waals surface area (Å²) in [4.78, 5) is 27.2. The van der Waals surface area contributed by atoms with Crippen LogP contribution in [-0.4, -0.2) is 51.9 Å². The van der Waals surface area contributed by atoms with Crippen LogP contribution in [0.15, 0.2) is 30.5 Å². The second-order valence-corrected chi connectivity index (χ2v) is 10.1. The van der Waals surface area contributed by atoms with E-state index >= 15 is 0 Å². The molecule has 0 saturated carbocycles. The third kappa shape index (κ3) is 6.03. The second-order valence-electron chi connectivity index (χ2n) is 9.63. The van der Waals surface area contributed by atoms with Crippen molar-refractivity contribution in [2.45, 2.75) is 59.0 Å². The van der Waals surface area contributed by atoms with E-state index in [-0.39, 0.29) is 23.8 Å². The molecule has 1 unspecified atom stereocenters. The minimum absolute atomic E-state index is 0.0922. The maximum absolute atomic E-state index is 13.0. The lowest BCUT2D eigenvalue weighted by atomic mass is 9.98. The number of rotatable bonds is 5. The summed E-state index contributed by atoms with van der Waals surface area (Å²) in [6, 6.07) is 7.42. The monoisotopic (exact) mass is 460 g/mol. The maximum Gasteiger partial charge on any atom is 0.410 e. The Hall–Kier alpha value is -2.54. The number of amides is 2. The molecule has 1 aliphatic rings. The number of nitrogens with one attached hydrogen (secondary N) is 1. The van der Waals surface area contributed by atoms with Gasteiger partial charge in [-0.2, -0.15) is 5.10 Å². The van der Waals surface area contributed by atoms with Gasteiger partial charge in [0.15, 0.2) is 0 Å². The number of hydrogen-bond acceptors (Lipinski definition) is 4. The van der Waals surface area contributed by atoms with Crippen LogP contribution in [-0.2, 0) is 4.74 Å². The second kappa shape index (κ2) is 9.94. The first-order valence-corrected chi connectivity index (χ1v) is 11.5. The van der Waals surface area contributed by atoms with Gasteiger partial charge in [0.05, 0.1) is 23.1 Å². The zero-order valence-corrected chi connectivity index (χ0v) is 20.3. The summed E-state index contributed by atoms with van der Waals surface area (Å²) < 4.78 is 7.27. The minimum Gasteiger partial charge on any atom is -0.444 e. The van der Waals surface area contributed by atoms with Gasteiger partial charge < -0.3 is 15.0 Å². The fraction of sp³-hybridized carbons (Fsp3) is 0.542. The number of carbonyl (C=O) groups is 2. The Kier molecular flexibility index (Phi) is 7.49. The molecule has 7 nitrogen and oxygen atoms in total. The fourth-order valence-corrected chi connectivity index (χ4v) is 4.14. The van der Waals surface area contributed by atoms with Crippen LogP contribution in [0.2, 0.25) is 5.02 Å². The van der Waals surface area contributed by atoms with Gasteiger partial charge in [-0.15, -0.1) is 0 Å². The molecular formula is C24H33ClN4O3. The summed E-state index contributed by atoms with van der Waals surface area (Å²) in [7, 11) is 0. The van der Waals surface area contributed by atoms with Crippen LogP contribution in [0.1, 0.15) is 69.4 Å². The van der Waals surface area contributed by atoms with Gasteiger partial charge in [-0.25, -0.2) is 9.48 Å². The number of aromatic nitrogens is 2. The van der Waals surface area contributed by atoms with E-state index in [1.165, 1.54) is 0 Å². The molecule has 1 N–H and O–H groups in total. The molecule has 32 heavy (non-hydrogen) atoms. The predicted molar refractivity (Wildman–Crippen MR) is 126 cm³/mol. The standard InChI is InChI=1S/C24H33ClN4O3/c1-16(2)21-20(14-27-29(21)19-10-6-9-18(25)12-19)22(30)26-13-17-8-7-11-28(15-17)23(31)32-24(3,4)5/h6,9-10,12,14,16-17H,7-8,11,13,15H2,1-5H3,(H,26,30).